The number of carbonyl (C=O) groups is 1. The molecular formula is C37H65N3O4. The van der Waals surface area contributed by atoms with Gasteiger partial charge in [-0.2, -0.15) is 0 Å². The minimum Gasteiger partial charge on any atom is -0.481 e. The second kappa shape index (κ2) is 10.8. The van der Waals surface area contributed by atoms with Gasteiger partial charge in [-0.25, -0.2) is 0 Å². The van der Waals surface area contributed by atoms with Crippen molar-refractivity contribution in [2.45, 2.75) is 132 Å². The molecule has 0 radical (unpaired) electrons. The van der Waals surface area contributed by atoms with Gasteiger partial charge in [0.15, 0.2) is 0 Å². The zero-order valence-corrected chi connectivity index (χ0v) is 29.8. The number of allylic oxidation sites excluding steroid dienone is 1. The monoisotopic (exact) mass is 615 g/mol. The van der Waals surface area contributed by atoms with Crippen molar-refractivity contribution in [1.29, 1.82) is 0 Å². The average molecular weight is 616 g/mol. The number of hydrogen-bond acceptors (Lipinski definition) is 6. The molecule has 7 heteroatoms. The van der Waals surface area contributed by atoms with Gasteiger partial charge in [0.05, 0.1) is 31.8 Å². The van der Waals surface area contributed by atoms with Crippen LogP contribution in [-0.2, 0) is 14.3 Å². The quantitative estimate of drug-likeness (QED) is 0.146. The first-order chi connectivity index (χ1) is 20.2. The lowest BCUT2D eigenvalue weighted by atomic mass is 9.34. The van der Waals surface area contributed by atoms with Gasteiger partial charge in [0.1, 0.15) is 0 Å². The van der Waals surface area contributed by atoms with Crippen LogP contribution in [0.1, 0.15) is 115 Å². The Morgan fingerprint density at radius 2 is 1.75 bits per heavy atom. The van der Waals surface area contributed by atoms with Crippen LogP contribution in [0, 0.1) is 62.1 Å². The number of hydrazine groups is 1. The van der Waals surface area contributed by atoms with E-state index >= 15 is 0 Å². The number of rotatable bonds is 7. The largest absolute Gasteiger partial charge is 0.481 e. The smallest absolute Gasteiger partial charge is 0.307 e. The molecule has 252 valence electrons. The van der Waals surface area contributed by atoms with E-state index in [4.69, 9.17) is 21.1 Å². The minimum atomic E-state index is -0.613. The van der Waals surface area contributed by atoms with E-state index in [-0.39, 0.29) is 50.6 Å². The topological polar surface area (TPSA) is 120 Å². The van der Waals surface area contributed by atoms with Gasteiger partial charge in [-0.3, -0.25) is 16.1 Å². The maximum absolute atomic E-state index is 13.3. The van der Waals surface area contributed by atoms with Gasteiger partial charge in [-0.15, -0.1) is 0 Å². The summed E-state index contributed by atoms with van der Waals surface area (Å²) in [5.41, 5.74) is 9.95. The lowest BCUT2D eigenvalue weighted by molar-refractivity contribution is -0.247. The number of hydrogen-bond donors (Lipinski definition) is 4. The lowest BCUT2D eigenvalue weighted by Gasteiger charge is -2.71. The van der Waals surface area contributed by atoms with Gasteiger partial charge in [0.2, 0.25) is 0 Å². The van der Waals surface area contributed by atoms with Crippen molar-refractivity contribution in [2.24, 2.45) is 73.7 Å². The Hall–Kier alpha value is -0.990. The predicted molar refractivity (Wildman–Crippen MR) is 176 cm³/mol. The zero-order chi connectivity index (χ0) is 32.9. The molecule has 12 atom stereocenters. The van der Waals surface area contributed by atoms with E-state index < -0.39 is 11.5 Å². The first-order valence-electron chi connectivity index (χ1n) is 17.5. The molecule has 4 aliphatic carbocycles. The molecule has 4 fully saturated rings. The number of aliphatic carboxylic acids is 1. The van der Waals surface area contributed by atoms with Crippen LogP contribution in [0.5, 0.6) is 0 Å². The third-order valence-corrected chi connectivity index (χ3v) is 15.6. The molecule has 3 saturated carbocycles. The summed E-state index contributed by atoms with van der Waals surface area (Å²) in [5.74, 6) is 6.89. The zero-order valence-electron chi connectivity index (χ0n) is 29.8. The van der Waals surface area contributed by atoms with E-state index in [1.165, 1.54) is 5.57 Å². The summed E-state index contributed by atoms with van der Waals surface area (Å²) < 4.78 is 13.4. The van der Waals surface area contributed by atoms with Crippen LogP contribution in [0.2, 0.25) is 0 Å². The SMILES string of the molecule is CC(C)[C@@H](C)[C@@]1(C)CC[C@]2(C)[C@H]3CC[C@@H]4[C@@]5(COC[C@@]4(C)[C@@H](OC[C@](C)(N)C(C)(C)C)[C@H](NN)C5)C3=CC[C@@]2(C)[C@@H]1C(=O)O. The molecule has 0 aromatic carbocycles. The Bertz CT molecular complexity index is 1160. The van der Waals surface area contributed by atoms with Crippen molar-refractivity contribution in [2.75, 3.05) is 19.8 Å². The summed E-state index contributed by atoms with van der Waals surface area (Å²) in [7, 11) is 0. The van der Waals surface area contributed by atoms with E-state index in [1.807, 2.05) is 0 Å². The summed E-state index contributed by atoms with van der Waals surface area (Å²) in [5, 5.41) is 10.9. The van der Waals surface area contributed by atoms with Gasteiger partial charge in [-0.05, 0) is 90.8 Å². The standard InChI is InChI=1S/C37H65N3O4/c1-22(2)23(3)32(7)16-17-34(9)24-12-13-27-33(8)19-43-21-37(27,25(24)14-15-35(34,10)28(32)30(41)42)18-26(40-39)29(33)44-20-36(11,38)31(4,5)6/h14,22-24,26-29,40H,12-13,15-21,38-39H2,1-11H3,(H,41,42)/t23-,24+,26-,27+,28-,29+,32-,33-,34-,35+,36+,37+/m1/s1. The fourth-order valence-corrected chi connectivity index (χ4v) is 11.6. The maximum Gasteiger partial charge on any atom is 0.307 e. The van der Waals surface area contributed by atoms with Crippen molar-refractivity contribution < 1.29 is 19.4 Å². The highest BCUT2D eigenvalue weighted by Crippen LogP contribution is 2.74. The molecule has 0 aromatic heterocycles. The summed E-state index contributed by atoms with van der Waals surface area (Å²) >= 11 is 0. The number of carboxylic acid groups (broad SMARTS) is 1. The fourth-order valence-electron chi connectivity index (χ4n) is 11.6. The Labute approximate surface area is 268 Å². The second-order valence-corrected chi connectivity index (χ2v) is 18.7. The Balaban J connectivity index is 1.54. The van der Waals surface area contributed by atoms with Crippen LogP contribution in [0.4, 0.5) is 0 Å². The molecule has 1 saturated heterocycles. The van der Waals surface area contributed by atoms with Crippen molar-refractivity contribution in [3.8, 4) is 0 Å². The molecule has 7 nitrogen and oxygen atoms in total. The third kappa shape index (κ3) is 4.56. The van der Waals surface area contributed by atoms with E-state index in [0.717, 1.165) is 38.5 Å². The van der Waals surface area contributed by atoms with Crippen molar-refractivity contribution in [1.82, 2.24) is 5.43 Å². The second-order valence-electron chi connectivity index (χ2n) is 18.7. The lowest BCUT2D eigenvalue weighted by Crippen LogP contribution is -2.72. The summed E-state index contributed by atoms with van der Waals surface area (Å²) in [6, 6.07) is -0.0232. The predicted octanol–water partition coefficient (Wildman–Crippen LogP) is 6.56. The van der Waals surface area contributed by atoms with Crippen LogP contribution in [0.15, 0.2) is 11.6 Å². The fraction of sp³-hybridized carbons (Fsp3) is 0.919. The van der Waals surface area contributed by atoms with Crippen LogP contribution in [0.25, 0.3) is 0 Å². The number of fused-ring (bicyclic) bond motifs is 3. The summed E-state index contributed by atoms with van der Waals surface area (Å²) in [6.07, 6.45) is 8.27. The Morgan fingerprint density at radius 3 is 2.32 bits per heavy atom. The number of nitrogens with two attached hydrogens (primary N) is 2. The highest BCUT2D eigenvalue weighted by Gasteiger charge is 2.71. The summed E-state index contributed by atoms with van der Waals surface area (Å²) in [6.45, 7) is 26.6. The van der Waals surface area contributed by atoms with Crippen LogP contribution < -0.4 is 17.0 Å². The number of ether oxygens (including phenoxy) is 2. The Morgan fingerprint density at radius 1 is 1.09 bits per heavy atom. The van der Waals surface area contributed by atoms with Crippen molar-refractivity contribution >= 4 is 5.97 Å². The van der Waals surface area contributed by atoms with Crippen LogP contribution in [0.3, 0.4) is 0 Å². The minimum absolute atomic E-state index is 0.0232. The third-order valence-electron chi connectivity index (χ3n) is 15.6. The van der Waals surface area contributed by atoms with E-state index in [0.29, 0.717) is 43.5 Å². The number of carboxylic acids is 1. The molecule has 0 aromatic rings. The highest BCUT2D eigenvalue weighted by molar-refractivity contribution is 5.73. The molecule has 2 bridgehead atoms. The van der Waals surface area contributed by atoms with Gasteiger partial charge >= 0.3 is 5.97 Å². The molecule has 1 heterocycles. The molecular weight excluding hydrogens is 550 g/mol. The maximum atomic E-state index is 13.3. The molecule has 44 heavy (non-hydrogen) atoms. The number of nitrogens with one attached hydrogen (secondary N) is 1. The van der Waals surface area contributed by atoms with Gasteiger partial charge < -0.3 is 20.3 Å². The molecule has 0 unspecified atom stereocenters. The van der Waals surface area contributed by atoms with Crippen LogP contribution in [-0.4, -0.2) is 48.6 Å². The normalized spacial score (nSPS) is 47.5. The first-order valence-corrected chi connectivity index (χ1v) is 17.5. The van der Waals surface area contributed by atoms with E-state index in [2.05, 4.69) is 87.7 Å². The molecule has 5 aliphatic rings. The van der Waals surface area contributed by atoms with Crippen LogP contribution >= 0.6 is 0 Å². The molecule has 0 amide bonds. The Kier molecular flexibility index (Phi) is 8.40. The van der Waals surface area contributed by atoms with Crippen molar-refractivity contribution in [3.05, 3.63) is 11.6 Å². The van der Waals surface area contributed by atoms with Gasteiger partial charge in [-0.1, -0.05) is 80.9 Å². The van der Waals surface area contributed by atoms with Crippen molar-refractivity contribution in [3.63, 3.8) is 0 Å². The molecule has 6 N–H and O–H groups in total. The van der Waals surface area contributed by atoms with Gasteiger partial charge in [0.25, 0.3) is 0 Å². The van der Waals surface area contributed by atoms with E-state index in [1.54, 1.807) is 0 Å². The first kappa shape index (κ1) is 34.3. The molecule has 0 spiro atoms. The average Bonchev–Trinajstić information content (AvgIpc) is 2.91. The molecule has 5 rings (SSSR count). The van der Waals surface area contributed by atoms with E-state index in [9.17, 15) is 9.90 Å². The van der Waals surface area contributed by atoms with Gasteiger partial charge in [0, 0.05) is 22.4 Å². The summed E-state index contributed by atoms with van der Waals surface area (Å²) in [4.78, 5) is 13.3. The molecule has 1 aliphatic heterocycles. The highest BCUT2D eigenvalue weighted by atomic mass is 16.5.